The standard InChI is InChI=1S/C16H26N6O2/c1-4-19-14(23)13-6-10(17)8-22(13)15(24)12-7-11(5-9(2)3)20-16(18)21-12/h7,9-10,13H,4-6,8,17H2,1-3H3,(H,19,23)(H2,18,20,21)/t10-,13-/m0/s1. The molecule has 1 saturated heterocycles. The summed E-state index contributed by atoms with van der Waals surface area (Å²) in [6, 6.07) is 0.852. The maximum absolute atomic E-state index is 12.8. The van der Waals surface area contributed by atoms with Crippen molar-refractivity contribution in [2.75, 3.05) is 18.8 Å². The minimum atomic E-state index is -0.572. The summed E-state index contributed by atoms with van der Waals surface area (Å²) < 4.78 is 0. The number of aromatic nitrogens is 2. The van der Waals surface area contributed by atoms with Gasteiger partial charge in [0, 0.05) is 24.8 Å². The molecule has 0 radical (unpaired) electrons. The Bertz CT molecular complexity index is 619. The van der Waals surface area contributed by atoms with E-state index in [-0.39, 0.29) is 29.5 Å². The molecule has 0 bridgehead atoms. The first-order valence-electron chi connectivity index (χ1n) is 8.29. The molecule has 5 N–H and O–H groups in total. The largest absolute Gasteiger partial charge is 0.368 e. The molecule has 0 unspecified atom stereocenters. The topological polar surface area (TPSA) is 127 Å². The molecule has 2 amide bonds. The van der Waals surface area contributed by atoms with Gasteiger partial charge in [0.05, 0.1) is 0 Å². The van der Waals surface area contributed by atoms with Crippen LogP contribution in [0, 0.1) is 5.92 Å². The van der Waals surface area contributed by atoms with Gasteiger partial charge >= 0.3 is 0 Å². The molecule has 1 aromatic rings. The zero-order valence-corrected chi connectivity index (χ0v) is 14.5. The predicted molar refractivity (Wildman–Crippen MR) is 91.1 cm³/mol. The molecule has 0 spiro atoms. The molecule has 0 saturated carbocycles. The Kier molecular flexibility index (Phi) is 5.71. The van der Waals surface area contributed by atoms with Gasteiger partial charge in [-0.05, 0) is 31.7 Å². The summed E-state index contributed by atoms with van der Waals surface area (Å²) >= 11 is 0. The van der Waals surface area contributed by atoms with Gasteiger partial charge in [-0.15, -0.1) is 0 Å². The molecule has 24 heavy (non-hydrogen) atoms. The number of likely N-dealkylation sites (N-methyl/N-ethyl adjacent to an activating group) is 1. The van der Waals surface area contributed by atoms with Crippen molar-refractivity contribution in [2.45, 2.75) is 45.7 Å². The number of nitrogen functional groups attached to an aromatic ring is 1. The van der Waals surface area contributed by atoms with Crippen LogP contribution in [0.2, 0.25) is 0 Å². The van der Waals surface area contributed by atoms with Gasteiger partial charge in [-0.25, -0.2) is 9.97 Å². The molecular formula is C16H26N6O2. The maximum Gasteiger partial charge on any atom is 0.273 e. The van der Waals surface area contributed by atoms with Crippen LogP contribution in [0.1, 0.15) is 43.4 Å². The number of carbonyl (C=O) groups excluding carboxylic acids is 2. The van der Waals surface area contributed by atoms with E-state index in [9.17, 15) is 9.59 Å². The monoisotopic (exact) mass is 334 g/mol. The number of nitrogens with one attached hydrogen (secondary N) is 1. The van der Waals surface area contributed by atoms with E-state index < -0.39 is 6.04 Å². The summed E-state index contributed by atoms with van der Waals surface area (Å²) in [5.41, 5.74) is 12.6. The number of rotatable bonds is 5. The van der Waals surface area contributed by atoms with Crippen molar-refractivity contribution < 1.29 is 9.59 Å². The zero-order chi connectivity index (χ0) is 17.9. The molecule has 2 rings (SSSR count). The van der Waals surface area contributed by atoms with Crippen LogP contribution in [0.25, 0.3) is 0 Å². The highest BCUT2D eigenvalue weighted by atomic mass is 16.2. The van der Waals surface area contributed by atoms with Crippen LogP contribution < -0.4 is 16.8 Å². The number of likely N-dealkylation sites (tertiary alicyclic amines) is 1. The predicted octanol–water partition coefficient (Wildman–Crippen LogP) is -0.0648. The van der Waals surface area contributed by atoms with Crippen LogP contribution in [0.15, 0.2) is 6.07 Å². The van der Waals surface area contributed by atoms with Gasteiger partial charge in [0.2, 0.25) is 11.9 Å². The van der Waals surface area contributed by atoms with Crippen molar-refractivity contribution in [3.05, 3.63) is 17.5 Å². The van der Waals surface area contributed by atoms with E-state index in [1.807, 2.05) is 6.92 Å². The lowest BCUT2D eigenvalue weighted by atomic mass is 10.1. The van der Waals surface area contributed by atoms with Gasteiger partial charge in [0.25, 0.3) is 5.91 Å². The minimum absolute atomic E-state index is 0.0644. The van der Waals surface area contributed by atoms with E-state index in [4.69, 9.17) is 11.5 Å². The fourth-order valence-electron chi connectivity index (χ4n) is 2.93. The summed E-state index contributed by atoms with van der Waals surface area (Å²) in [5.74, 6) is -0.0818. The summed E-state index contributed by atoms with van der Waals surface area (Å²) in [5, 5.41) is 2.75. The molecular weight excluding hydrogens is 308 g/mol. The lowest BCUT2D eigenvalue weighted by Crippen LogP contribution is -2.46. The normalized spacial score (nSPS) is 20.5. The van der Waals surface area contributed by atoms with Crippen LogP contribution >= 0.6 is 0 Å². The van der Waals surface area contributed by atoms with Gasteiger partial charge in [-0.1, -0.05) is 13.8 Å². The summed E-state index contributed by atoms with van der Waals surface area (Å²) in [6.45, 7) is 6.78. The third-order valence-electron chi connectivity index (χ3n) is 3.88. The average Bonchev–Trinajstić information content (AvgIpc) is 2.87. The van der Waals surface area contributed by atoms with E-state index >= 15 is 0 Å². The average molecular weight is 334 g/mol. The second kappa shape index (κ2) is 7.57. The van der Waals surface area contributed by atoms with E-state index in [2.05, 4.69) is 29.1 Å². The van der Waals surface area contributed by atoms with Crippen molar-refractivity contribution >= 4 is 17.8 Å². The first-order chi connectivity index (χ1) is 11.3. The van der Waals surface area contributed by atoms with Gasteiger partial charge in [0.1, 0.15) is 11.7 Å². The van der Waals surface area contributed by atoms with Crippen molar-refractivity contribution in [3.63, 3.8) is 0 Å². The van der Waals surface area contributed by atoms with Crippen LogP contribution in [-0.2, 0) is 11.2 Å². The minimum Gasteiger partial charge on any atom is -0.368 e. The van der Waals surface area contributed by atoms with E-state index in [1.165, 1.54) is 4.90 Å². The first-order valence-corrected chi connectivity index (χ1v) is 8.29. The van der Waals surface area contributed by atoms with Crippen LogP contribution in [0.3, 0.4) is 0 Å². The maximum atomic E-state index is 12.8. The molecule has 1 aliphatic heterocycles. The molecule has 0 aromatic carbocycles. The summed E-state index contributed by atoms with van der Waals surface area (Å²) in [7, 11) is 0. The molecule has 8 nitrogen and oxygen atoms in total. The Balaban J connectivity index is 2.26. The molecule has 2 atom stereocenters. The Labute approximate surface area is 142 Å². The highest BCUT2D eigenvalue weighted by Gasteiger charge is 2.38. The van der Waals surface area contributed by atoms with Crippen molar-refractivity contribution in [2.24, 2.45) is 11.7 Å². The number of amides is 2. The second-order valence-electron chi connectivity index (χ2n) is 6.56. The quantitative estimate of drug-likeness (QED) is 0.692. The number of nitrogens with two attached hydrogens (primary N) is 2. The Hall–Kier alpha value is -2.22. The van der Waals surface area contributed by atoms with Crippen LogP contribution in [-0.4, -0.2) is 51.9 Å². The third-order valence-corrected chi connectivity index (χ3v) is 3.88. The molecule has 132 valence electrons. The molecule has 2 heterocycles. The van der Waals surface area contributed by atoms with Crippen LogP contribution in [0.4, 0.5) is 5.95 Å². The van der Waals surface area contributed by atoms with Gasteiger partial charge in [-0.3, -0.25) is 9.59 Å². The summed E-state index contributed by atoms with van der Waals surface area (Å²) in [4.78, 5) is 34.8. The molecule has 1 aliphatic rings. The first kappa shape index (κ1) is 18.1. The SMILES string of the molecule is CCNC(=O)[C@@H]1C[C@H](N)CN1C(=O)c1cc(CC(C)C)nc(N)n1. The van der Waals surface area contributed by atoms with Crippen molar-refractivity contribution in [1.82, 2.24) is 20.2 Å². The number of nitrogens with zero attached hydrogens (tertiary/aromatic N) is 3. The highest BCUT2D eigenvalue weighted by Crippen LogP contribution is 2.20. The third kappa shape index (κ3) is 4.19. The van der Waals surface area contributed by atoms with Gasteiger partial charge in [-0.2, -0.15) is 0 Å². The lowest BCUT2D eigenvalue weighted by Gasteiger charge is -2.23. The van der Waals surface area contributed by atoms with Crippen molar-refractivity contribution in [3.8, 4) is 0 Å². The van der Waals surface area contributed by atoms with E-state index in [1.54, 1.807) is 6.07 Å². The highest BCUT2D eigenvalue weighted by molar-refractivity contribution is 5.97. The molecule has 0 aliphatic carbocycles. The van der Waals surface area contributed by atoms with E-state index in [0.29, 0.717) is 31.8 Å². The van der Waals surface area contributed by atoms with Gasteiger partial charge < -0.3 is 21.7 Å². The summed E-state index contributed by atoms with van der Waals surface area (Å²) in [6.07, 6.45) is 1.14. The Morgan fingerprint density at radius 2 is 2.12 bits per heavy atom. The van der Waals surface area contributed by atoms with Crippen LogP contribution in [0.5, 0.6) is 0 Å². The van der Waals surface area contributed by atoms with Crippen molar-refractivity contribution in [1.29, 1.82) is 0 Å². The fraction of sp³-hybridized carbons (Fsp3) is 0.625. The smallest absolute Gasteiger partial charge is 0.273 e. The number of hydrogen-bond donors (Lipinski definition) is 3. The molecule has 1 fully saturated rings. The molecule has 1 aromatic heterocycles. The number of anilines is 1. The molecule has 8 heteroatoms. The fourth-order valence-corrected chi connectivity index (χ4v) is 2.93. The number of carbonyl (C=O) groups is 2. The Morgan fingerprint density at radius 1 is 1.42 bits per heavy atom. The second-order valence-corrected chi connectivity index (χ2v) is 6.56. The zero-order valence-electron chi connectivity index (χ0n) is 14.5. The van der Waals surface area contributed by atoms with E-state index in [0.717, 1.165) is 5.69 Å². The Morgan fingerprint density at radius 3 is 2.75 bits per heavy atom. The lowest BCUT2D eigenvalue weighted by molar-refractivity contribution is -0.124. The van der Waals surface area contributed by atoms with Gasteiger partial charge in [0.15, 0.2) is 0 Å². The number of hydrogen-bond acceptors (Lipinski definition) is 6.